The summed E-state index contributed by atoms with van der Waals surface area (Å²) in [6, 6.07) is 10.1. The minimum Gasteiger partial charge on any atom is -0.391 e. The standard InChI is InChI=1S/C17H16FN3O/c1-11-5-6-20-17(15(11)9-19)21-10-14(22)8-16(21)12-3-2-4-13(18)7-12/h2-7,14,16,22H,8,10H2,1H3/t14-,16-/m0/s1. The van der Waals surface area contributed by atoms with E-state index in [4.69, 9.17) is 0 Å². The van der Waals surface area contributed by atoms with Gasteiger partial charge in [-0.3, -0.25) is 0 Å². The zero-order valence-electron chi connectivity index (χ0n) is 12.2. The third kappa shape index (κ3) is 2.53. The van der Waals surface area contributed by atoms with E-state index in [0.29, 0.717) is 24.3 Å². The molecule has 0 amide bonds. The summed E-state index contributed by atoms with van der Waals surface area (Å²) in [5.74, 6) is 0.241. The van der Waals surface area contributed by atoms with E-state index in [9.17, 15) is 14.8 Å². The van der Waals surface area contributed by atoms with Gasteiger partial charge in [-0.05, 0) is 42.7 Å². The Bertz CT molecular complexity index is 741. The first-order chi connectivity index (χ1) is 10.6. The fourth-order valence-corrected chi connectivity index (χ4v) is 2.98. The number of nitriles is 1. The molecule has 1 aliphatic rings. The summed E-state index contributed by atoms with van der Waals surface area (Å²) in [6.45, 7) is 2.24. The van der Waals surface area contributed by atoms with Crippen LogP contribution in [0.1, 0.15) is 29.2 Å². The SMILES string of the molecule is Cc1ccnc(N2C[C@@H](O)C[C@H]2c2cccc(F)c2)c1C#N. The van der Waals surface area contributed by atoms with E-state index in [1.165, 1.54) is 12.1 Å². The molecule has 1 N–H and O–H groups in total. The molecule has 0 spiro atoms. The Morgan fingerprint density at radius 3 is 2.95 bits per heavy atom. The maximum absolute atomic E-state index is 13.5. The summed E-state index contributed by atoms with van der Waals surface area (Å²) in [6.07, 6.45) is 1.62. The molecule has 0 saturated carbocycles. The molecular weight excluding hydrogens is 281 g/mol. The van der Waals surface area contributed by atoms with Crippen LogP contribution in [0.15, 0.2) is 36.5 Å². The monoisotopic (exact) mass is 297 g/mol. The molecule has 112 valence electrons. The van der Waals surface area contributed by atoms with Gasteiger partial charge in [-0.25, -0.2) is 9.37 Å². The van der Waals surface area contributed by atoms with Crippen molar-refractivity contribution < 1.29 is 9.50 Å². The predicted molar refractivity (Wildman–Crippen MR) is 80.8 cm³/mol. The first kappa shape index (κ1) is 14.5. The van der Waals surface area contributed by atoms with E-state index in [0.717, 1.165) is 11.1 Å². The number of hydrogen-bond donors (Lipinski definition) is 1. The number of rotatable bonds is 2. The number of nitrogens with zero attached hydrogens (tertiary/aromatic N) is 3. The summed E-state index contributed by atoms with van der Waals surface area (Å²) in [7, 11) is 0. The number of aliphatic hydroxyl groups excluding tert-OH is 1. The molecule has 1 aromatic carbocycles. The minimum absolute atomic E-state index is 0.188. The lowest BCUT2D eigenvalue weighted by Crippen LogP contribution is -2.26. The lowest BCUT2D eigenvalue weighted by Gasteiger charge is -2.27. The van der Waals surface area contributed by atoms with Crippen LogP contribution in [0.2, 0.25) is 0 Å². The number of halogens is 1. The molecule has 22 heavy (non-hydrogen) atoms. The normalized spacial score (nSPS) is 20.9. The molecule has 5 heteroatoms. The number of aliphatic hydroxyl groups is 1. The van der Waals surface area contributed by atoms with Gasteiger partial charge in [0.15, 0.2) is 0 Å². The molecule has 3 rings (SSSR count). The second-order valence-electron chi connectivity index (χ2n) is 5.55. The molecule has 2 aromatic rings. The second kappa shape index (κ2) is 5.74. The molecule has 1 aliphatic heterocycles. The Morgan fingerprint density at radius 2 is 2.23 bits per heavy atom. The van der Waals surface area contributed by atoms with Crippen LogP contribution in [-0.4, -0.2) is 22.7 Å². The average molecular weight is 297 g/mol. The molecule has 1 fully saturated rings. The van der Waals surface area contributed by atoms with Crippen molar-refractivity contribution in [2.45, 2.75) is 25.5 Å². The minimum atomic E-state index is -0.526. The number of pyridine rings is 1. The fraction of sp³-hybridized carbons (Fsp3) is 0.294. The number of hydrogen-bond acceptors (Lipinski definition) is 4. The molecule has 0 radical (unpaired) electrons. The Balaban J connectivity index is 2.06. The predicted octanol–water partition coefficient (Wildman–Crippen LogP) is 2.71. The van der Waals surface area contributed by atoms with Gasteiger partial charge in [0.05, 0.1) is 17.7 Å². The van der Waals surface area contributed by atoms with Crippen molar-refractivity contribution in [3.05, 3.63) is 59.0 Å². The van der Waals surface area contributed by atoms with Crippen LogP contribution >= 0.6 is 0 Å². The third-order valence-electron chi connectivity index (χ3n) is 4.04. The first-order valence-electron chi connectivity index (χ1n) is 7.16. The highest BCUT2D eigenvalue weighted by Gasteiger charge is 2.34. The number of benzene rings is 1. The lowest BCUT2D eigenvalue weighted by atomic mass is 10.0. The summed E-state index contributed by atoms with van der Waals surface area (Å²) in [5, 5.41) is 19.4. The van der Waals surface area contributed by atoms with Gasteiger partial charge < -0.3 is 10.0 Å². The van der Waals surface area contributed by atoms with Crippen LogP contribution in [0.3, 0.4) is 0 Å². The Kier molecular flexibility index (Phi) is 3.78. The molecule has 1 saturated heterocycles. The maximum atomic E-state index is 13.5. The van der Waals surface area contributed by atoms with Crippen molar-refractivity contribution in [3.63, 3.8) is 0 Å². The van der Waals surface area contributed by atoms with Crippen LogP contribution in [0.4, 0.5) is 10.2 Å². The molecule has 2 heterocycles. The van der Waals surface area contributed by atoms with Gasteiger partial charge in [-0.2, -0.15) is 5.26 Å². The van der Waals surface area contributed by atoms with Crippen molar-refractivity contribution in [3.8, 4) is 6.07 Å². The quantitative estimate of drug-likeness (QED) is 0.926. The second-order valence-corrected chi connectivity index (χ2v) is 5.55. The third-order valence-corrected chi connectivity index (χ3v) is 4.04. The van der Waals surface area contributed by atoms with Crippen LogP contribution < -0.4 is 4.90 Å². The zero-order valence-corrected chi connectivity index (χ0v) is 12.2. The summed E-state index contributed by atoms with van der Waals surface area (Å²) in [5.41, 5.74) is 2.12. The molecular formula is C17H16FN3O. The smallest absolute Gasteiger partial charge is 0.147 e. The fourth-order valence-electron chi connectivity index (χ4n) is 2.98. The molecule has 4 nitrogen and oxygen atoms in total. The summed E-state index contributed by atoms with van der Waals surface area (Å²) < 4.78 is 13.5. The van der Waals surface area contributed by atoms with E-state index in [1.807, 2.05) is 17.9 Å². The Morgan fingerprint density at radius 1 is 1.41 bits per heavy atom. The molecule has 1 aromatic heterocycles. The molecule has 0 aliphatic carbocycles. The number of anilines is 1. The van der Waals surface area contributed by atoms with Crippen molar-refractivity contribution in [1.82, 2.24) is 4.98 Å². The van der Waals surface area contributed by atoms with E-state index < -0.39 is 6.10 Å². The molecule has 0 unspecified atom stereocenters. The van der Waals surface area contributed by atoms with Crippen molar-refractivity contribution >= 4 is 5.82 Å². The Labute approximate surface area is 128 Å². The average Bonchev–Trinajstić information content (AvgIpc) is 2.89. The van der Waals surface area contributed by atoms with Gasteiger partial charge in [0, 0.05) is 12.7 Å². The van der Waals surface area contributed by atoms with E-state index in [2.05, 4.69) is 11.1 Å². The van der Waals surface area contributed by atoms with Crippen LogP contribution in [0.25, 0.3) is 0 Å². The van der Waals surface area contributed by atoms with E-state index in [-0.39, 0.29) is 11.9 Å². The Hall–Kier alpha value is -2.45. The topological polar surface area (TPSA) is 60.1 Å². The number of aryl methyl sites for hydroxylation is 1. The maximum Gasteiger partial charge on any atom is 0.147 e. The summed E-state index contributed by atoms with van der Waals surface area (Å²) >= 11 is 0. The van der Waals surface area contributed by atoms with Crippen LogP contribution in [0, 0.1) is 24.1 Å². The highest BCUT2D eigenvalue weighted by molar-refractivity contribution is 5.59. The van der Waals surface area contributed by atoms with E-state index in [1.54, 1.807) is 18.3 Å². The van der Waals surface area contributed by atoms with Gasteiger partial charge in [0.1, 0.15) is 17.7 Å². The molecule has 0 bridgehead atoms. The van der Waals surface area contributed by atoms with Gasteiger partial charge in [-0.1, -0.05) is 12.1 Å². The first-order valence-corrected chi connectivity index (χ1v) is 7.16. The van der Waals surface area contributed by atoms with E-state index >= 15 is 0 Å². The number of aromatic nitrogens is 1. The molecule has 2 atom stereocenters. The van der Waals surface area contributed by atoms with Crippen molar-refractivity contribution in [1.29, 1.82) is 5.26 Å². The summed E-state index contributed by atoms with van der Waals surface area (Å²) in [4.78, 5) is 6.22. The van der Waals surface area contributed by atoms with Gasteiger partial charge in [0.25, 0.3) is 0 Å². The van der Waals surface area contributed by atoms with Crippen molar-refractivity contribution in [2.24, 2.45) is 0 Å². The zero-order chi connectivity index (χ0) is 15.7. The van der Waals surface area contributed by atoms with Crippen molar-refractivity contribution in [2.75, 3.05) is 11.4 Å². The van der Waals surface area contributed by atoms with Gasteiger partial charge >= 0.3 is 0 Å². The highest BCUT2D eigenvalue weighted by Crippen LogP contribution is 2.37. The van der Waals surface area contributed by atoms with Gasteiger partial charge in [0.2, 0.25) is 0 Å². The highest BCUT2D eigenvalue weighted by atomic mass is 19.1. The lowest BCUT2D eigenvalue weighted by molar-refractivity contribution is 0.194. The largest absolute Gasteiger partial charge is 0.391 e. The van der Waals surface area contributed by atoms with Crippen LogP contribution in [0.5, 0.6) is 0 Å². The van der Waals surface area contributed by atoms with Crippen LogP contribution in [-0.2, 0) is 0 Å². The van der Waals surface area contributed by atoms with Gasteiger partial charge in [-0.15, -0.1) is 0 Å². The number of β-amino-alcohol motifs (C(OH)–C–C–N with tert-alkyl or cyclic N) is 1.